The molecule has 1 nitrogen and oxygen atoms in total. The Labute approximate surface area is 127 Å². The Kier molecular flexibility index (Phi) is 4.44. The summed E-state index contributed by atoms with van der Waals surface area (Å²) in [5, 5.41) is 3.45. The summed E-state index contributed by atoms with van der Waals surface area (Å²) in [6, 6.07) is 4.33. The highest BCUT2D eigenvalue weighted by atomic mass is 19.1. The van der Waals surface area contributed by atoms with Crippen molar-refractivity contribution in [2.24, 2.45) is 11.3 Å². The first-order chi connectivity index (χ1) is 9.62. The van der Waals surface area contributed by atoms with E-state index in [0.717, 1.165) is 31.0 Å². The first-order valence-corrected chi connectivity index (χ1v) is 7.82. The minimum Gasteiger partial charge on any atom is -0.314 e. The van der Waals surface area contributed by atoms with E-state index in [1.165, 1.54) is 12.1 Å². The summed E-state index contributed by atoms with van der Waals surface area (Å²) in [7, 11) is 0. The molecule has 1 aromatic carbocycles. The van der Waals surface area contributed by atoms with Crippen LogP contribution in [0.3, 0.4) is 0 Å². The van der Waals surface area contributed by atoms with Crippen molar-refractivity contribution in [3.8, 4) is 0 Å². The van der Waals surface area contributed by atoms with E-state index < -0.39 is 11.6 Å². The summed E-state index contributed by atoms with van der Waals surface area (Å²) in [4.78, 5) is 0. The van der Waals surface area contributed by atoms with Gasteiger partial charge in [0, 0.05) is 24.1 Å². The lowest BCUT2D eigenvalue weighted by Crippen LogP contribution is -2.53. The third-order valence-electron chi connectivity index (χ3n) is 4.82. The summed E-state index contributed by atoms with van der Waals surface area (Å²) in [6.45, 7) is 11.7. The topological polar surface area (TPSA) is 12.0 Å². The van der Waals surface area contributed by atoms with Gasteiger partial charge < -0.3 is 5.32 Å². The van der Waals surface area contributed by atoms with Crippen LogP contribution in [-0.2, 0) is 5.41 Å². The Hall–Kier alpha value is -0.960. The largest absolute Gasteiger partial charge is 0.314 e. The zero-order valence-corrected chi connectivity index (χ0v) is 13.8. The van der Waals surface area contributed by atoms with Gasteiger partial charge in [-0.2, -0.15) is 0 Å². The van der Waals surface area contributed by atoms with Crippen molar-refractivity contribution >= 4 is 0 Å². The van der Waals surface area contributed by atoms with E-state index in [1.54, 1.807) is 0 Å². The van der Waals surface area contributed by atoms with Gasteiger partial charge in [0.1, 0.15) is 11.6 Å². The van der Waals surface area contributed by atoms with Gasteiger partial charge >= 0.3 is 0 Å². The van der Waals surface area contributed by atoms with Crippen LogP contribution >= 0.6 is 0 Å². The minimum absolute atomic E-state index is 0.134. The zero-order valence-electron chi connectivity index (χ0n) is 13.8. The second kappa shape index (κ2) is 5.68. The fourth-order valence-corrected chi connectivity index (χ4v) is 3.24. The lowest BCUT2D eigenvalue weighted by Gasteiger charge is -2.53. The summed E-state index contributed by atoms with van der Waals surface area (Å²) in [5.41, 5.74) is 0.909. The maximum Gasteiger partial charge on any atom is 0.126 e. The van der Waals surface area contributed by atoms with Gasteiger partial charge in [-0.05, 0) is 41.9 Å². The molecule has 0 amide bonds. The summed E-state index contributed by atoms with van der Waals surface area (Å²) in [6.07, 6.45) is 1.97. The number of hydrogen-bond acceptors (Lipinski definition) is 1. The Morgan fingerprint density at radius 2 is 1.67 bits per heavy atom. The van der Waals surface area contributed by atoms with E-state index in [9.17, 15) is 8.78 Å². The van der Waals surface area contributed by atoms with E-state index >= 15 is 0 Å². The van der Waals surface area contributed by atoms with Crippen LogP contribution in [0.15, 0.2) is 18.2 Å². The Morgan fingerprint density at radius 1 is 1.14 bits per heavy atom. The first kappa shape index (κ1) is 16.4. The number of rotatable bonds is 4. The Bertz CT molecular complexity index is 476. The van der Waals surface area contributed by atoms with Gasteiger partial charge in [0.05, 0.1) is 0 Å². The third-order valence-corrected chi connectivity index (χ3v) is 4.82. The molecule has 0 heterocycles. The molecular formula is C18H27F2N. The van der Waals surface area contributed by atoms with Gasteiger partial charge in [0.15, 0.2) is 0 Å². The van der Waals surface area contributed by atoms with Gasteiger partial charge in [0.2, 0.25) is 0 Å². The van der Waals surface area contributed by atoms with Crippen molar-refractivity contribution in [1.29, 1.82) is 0 Å². The van der Waals surface area contributed by atoms with Crippen molar-refractivity contribution in [2.75, 3.05) is 6.54 Å². The lowest BCUT2D eigenvalue weighted by atomic mass is 9.52. The molecule has 0 radical (unpaired) electrons. The van der Waals surface area contributed by atoms with Gasteiger partial charge in [-0.25, -0.2) is 8.78 Å². The average molecular weight is 295 g/mol. The highest BCUT2D eigenvalue weighted by Gasteiger charge is 2.49. The molecule has 3 heteroatoms. The van der Waals surface area contributed by atoms with Crippen molar-refractivity contribution in [1.82, 2.24) is 5.32 Å². The molecule has 1 N–H and O–H groups in total. The van der Waals surface area contributed by atoms with Crippen molar-refractivity contribution in [3.63, 3.8) is 0 Å². The van der Waals surface area contributed by atoms with E-state index in [-0.39, 0.29) is 10.8 Å². The molecular weight excluding hydrogens is 268 g/mol. The van der Waals surface area contributed by atoms with E-state index in [4.69, 9.17) is 0 Å². The number of nitrogens with one attached hydrogen (secondary N) is 1. The summed E-state index contributed by atoms with van der Waals surface area (Å²) in [5.74, 6) is -0.362. The van der Waals surface area contributed by atoms with Crippen molar-refractivity contribution in [3.05, 3.63) is 35.4 Å². The monoisotopic (exact) mass is 295 g/mol. The number of halogens is 2. The molecule has 118 valence electrons. The van der Waals surface area contributed by atoms with Crippen LogP contribution in [0.2, 0.25) is 0 Å². The first-order valence-electron chi connectivity index (χ1n) is 7.82. The molecule has 0 aliphatic heterocycles. The minimum atomic E-state index is -0.479. The molecule has 0 bridgehead atoms. The predicted octanol–water partition coefficient (Wildman–Crippen LogP) is 4.66. The van der Waals surface area contributed by atoms with Crippen LogP contribution in [0.5, 0.6) is 0 Å². The molecule has 1 aliphatic carbocycles. The fraction of sp³-hybridized carbons (Fsp3) is 0.667. The molecule has 0 atom stereocenters. The van der Waals surface area contributed by atoms with Crippen LogP contribution in [0.25, 0.3) is 0 Å². The van der Waals surface area contributed by atoms with Gasteiger partial charge in [-0.15, -0.1) is 0 Å². The van der Waals surface area contributed by atoms with E-state index in [1.807, 2.05) is 0 Å². The standard InChI is InChI=1S/C18H27F2N/c1-12(2)21-11-18(9-14(10-18)17(3,4)5)13-6-15(19)8-16(20)7-13/h6-8,12,14,21H,9-11H2,1-5H3. The van der Waals surface area contributed by atoms with Crippen LogP contribution in [0.4, 0.5) is 8.78 Å². The van der Waals surface area contributed by atoms with Crippen LogP contribution in [-0.4, -0.2) is 12.6 Å². The fourth-order valence-electron chi connectivity index (χ4n) is 3.24. The highest BCUT2D eigenvalue weighted by Crippen LogP contribution is 2.54. The molecule has 1 saturated carbocycles. The smallest absolute Gasteiger partial charge is 0.126 e. The number of hydrogen-bond donors (Lipinski definition) is 1. The predicted molar refractivity (Wildman–Crippen MR) is 83.4 cm³/mol. The van der Waals surface area contributed by atoms with Crippen molar-refractivity contribution < 1.29 is 8.78 Å². The van der Waals surface area contributed by atoms with Gasteiger partial charge in [0.25, 0.3) is 0 Å². The molecule has 1 aromatic rings. The summed E-state index contributed by atoms with van der Waals surface area (Å²) < 4.78 is 27.2. The maximum absolute atomic E-state index is 13.6. The highest BCUT2D eigenvalue weighted by molar-refractivity contribution is 5.31. The van der Waals surface area contributed by atoms with E-state index in [2.05, 4.69) is 39.9 Å². The Balaban J connectivity index is 2.26. The lowest BCUT2D eigenvalue weighted by molar-refractivity contribution is 0.0434. The molecule has 0 spiro atoms. The van der Waals surface area contributed by atoms with Crippen LogP contribution in [0, 0.1) is 23.0 Å². The molecule has 0 unspecified atom stereocenters. The maximum atomic E-state index is 13.6. The average Bonchev–Trinajstić information content (AvgIpc) is 2.23. The second-order valence-electron chi connectivity index (χ2n) is 7.95. The number of benzene rings is 1. The van der Waals surface area contributed by atoms with Crippen LogP contribution in [0.1, 0.15) is 53.0 Å². The molecule has 1 fully saturated rings. The van der Waals surface area contributed by atoms with Gasteiger partial charge in [-0.3, -0.25) is 0 Å². The molecule has 2 rings (SSSR count). The van der Waals surface area contributed by atoms with E-state index in [0.29, 0.717) is 12.0 Å². The molecule has 1 aliphatic rings. The molecule has 0 saturated heterocycles. The Morgan fingerprint density at radius 3 is 2.10 bits per heavy atom. The normalized spacial score (nSPS) is 26.0. The van der Waals surface area contributed by atoms with Crippen LogP contribution < -0.4 is 5.32 Å². The van der Waals surface area contributed by atoms with Gasteiger partial charge in [-0.1, -0.05) is 34.6 Å². The third kappa shape index (κ3) is 3.63. The zero-order chi connectivity index (χ0) is 15.8. The summed E-state index contributed by atoms with van der Waals surface area (Å²) >= 11 is 0. The molecule has 0 aromatic heterocycles. The SMILES string of the molecule is CC(C)NCC1(c2cc(F)cc(F)c2)CC(C(C)(C)C)C1. The molecule has 21 heavy (non-hydrogen) atoms. The van der Waals surface area contributed by atoms with Crippen molar-refractivity contribution in [2.45, 2.75) is 58.9 Å². The second-order valence-corrected chi connectivity index (χ2v) is 7.95. The quantitative estimate of drug-likeness (QED) is 0.852.